The second kappa shape index (κ2) is 6.93. The van der Waals surface area contributed by atoms with Crippen LogP contribution in [-0.2, 0) is 4.79 Å². The number of hydrogen-bond donors (Lipinski definition) is 1. The molecule has 3 aliphatic rings. The maximum atomic E-state index is 12.6. The van der Waals surface area contributed by atoms with Gasteiger partial charge in [-0.1, -0.05) is 32.1 Å². The molecule has 20 heavy (non-hydrogen) atoms. The Morgan fingerprint density at radius 2 is 1.75 bits per heavy atom. The van der Waals surface area contributed by atoms with Crippen molar-refractivity contribution in [2.75, 3.05) is 13.1 Å². The van der Waals surface area contributed by atoms with Crippen LogP contribution in [0.1, 0.15) is 70.6 Å². The monoisotopic (exact) mass is 278 g/mol. The molecule has 0 spiro atoms. The normalized spacial score (nSPS) is 27.7. The van der Waals surface area contributed by atoms with Gasteiger partial charge in [0.05, 0.1) is 0 Å². The predicted octanol–water partition coefficient (Wildman–Crippen LogP) is 3.09. The van der Waals surface area contributed by atoms with Crippen LogP contribution < -0.4 is 5.32 Å². The van der Waals surface area contributed by atoms with Crippen LogP contribution in [0.3, 0.4) is 0 Å². The number of amides is 1. The van der Waals surface area contributed by atoms with E-state index in [1.165, 1.54) is 57.8 Å². The van der Waals surface area contributed by atoms with Gasteiger partial charge in [-0.2, -0.15) is 0 Å². The Hall–Kier alpha value is -0.570. The third kappa shape index (κ3) is 3.97. The Morgan fingerprint density at radius 3 is 2.40 bits per heavy atom. The molecule has 0 radical (unpaired) electrons. The van der Waals surface area contributed by atoms with E-state index in [4.69, 9.17) is 0 Å². The molecule has 2 aliphatic carbocycles. The second-order valence-corrected chi connectivity index (χ2v) is 7.11. The lowest BCUT2D eigenvalue weighted by molar-refractivity contribution is -0.132. The number of rotatable bonds is 6. The summed E-state index contributed by atoms with van der Waals surface area (Å²) in [6, 6.07) is 1.13. The van der Waals surface area contributed by atoms with Crippen LogP contribution in [0.5, 0.6) is 0 Å². The summed E-state index contributed by atoms with van der Waals surface area (Å²) < 4.78 is 0. The molecule has 3 rings (SSSR count). The Kier molecular flexibility index (Phi) is 4.98. The molecule has 114 valence electrons. The molecule has 3 heteroatoms. The largest absolute Gasteiger partial charge is 0.338 e. The SMILES string of the molecule is O=C(CCC1CCCC1)N(CC1CCCCN1)C1CC1. The van der Waals surface area contributed by atoms with Crippen LogP contribution in [0.2, 0.25) is 0 Å². The van der Waals surface area contributed by atoms with Crippen molar-refractivity contribution in [3.63, 3.8) is 0 Å². The van der Waals surface area contributed by atoms with Gasteiger partial charge in [0.15, 0.2) is 0 Å². The first-order valence-corrected chi connectivity index (χ1v) is 8.86. The van der Waals surface area contributed by atoms with Gasteiger partial charge >= 0.3 is 0 Å². The van der Waals surface area contributed by atoms with E-state index >= 15 is 0 Å². The standard InChI is InChI=1S/C17H30N2O/c20-17(11-8-14-5-1-2-6-14)19(16-9-10-16)13-15-7-3-4-12-18-15/h14-16,18H,1-13H2. The van der Waals surface area contributed by atoms with Crippen LogP contribution >= 0.6 is 0 Å². The Morgan fingerprint density at radius 1 is 1.00 bits per heavy atom. The van der Waals surface area contributed by atoms with Crippen LogP contribution in [0.25, 0.3) is 0 Å². The van der Waals surface area contributed by atoms with Crippen LogP contribution in [-0.4, -0.2) is 36.0 Å². The average Bonchev–Trinajstić information content (AvgIpc) is 3.19. The average molecular weight is 278 g/mol. The highest BCUT2D eigenvalue weighted by atomic mass is 16.2. The lowest BCUT2D eigenvalue weighted by Gasteiger charge is -2.31. The first-order chi connectivity index (χ1) is 9.83. The quantitative estimate of drug-likeness (QED) is 0.810. The van der Waals surface area contributed by atoms with Gasteiger partial charge in [-0.25, -0.2) is 0 Å². The van der Waals surface area contributed by atoms with E-state index in [-0.39, 0.29) is 0 Å². The van der Waals surface area contributed by atoms with Crippen LogP contribution in [0.4, 0.5) is 0 Å². The molecule has 1 amide bonds. The smallest absolute Gasteiger partial charge is 0.222 e. The van der Waals surface area contributed by atoms with Crippen molar-refractivity contribution < 1.29 is 4.79 Å². The number of carbonyl (C=O) groups excluding carboxylic acids is 1. The minimum Gasteiger partial charge on any atom is -0.338 e. The summed E-state index contributed by atoms with van der Waals surface area (Å²) in [5.41, 5.74) is 0. The van der Waals surface area contributed by atoms with Gasteiger partial charge in [0.1, 0.15) is 0 Å². The molecule has 1 N–H and O–H groups in total. The van der Waals surface area contributed by atoms with Crippen molar-refractivity contribution in [3.8, 4) is 0 Å². The topological polar surface area (TPSA) is 32.3 Å². The first kappa shape index (κ1) is 14.4. The van der Waals surface area contributed by atoms with Gasteiger partial charge < -0.3 is 10.2 Å². The fraction of sp³-hybridized carbons (Fsp3) is 0.941. The summed E-state index contributed by atoms with van der Waals surface area (Å²) in [5, 5.41) is 3.59. The summed E-state index contributed by atoms with van der Waals surface area (Å²) >= 11 is 0. The van der Waals surface area contributed by atoms with Crippen molar-refractivity contribution in [1.82, 2.24) is 10.2 Å². The van der Waals surface area contributed by atoms with Crippen LogP contribution in [0.15, 0.2) is 0 Å². The molecule has 1 unspecified atom stereocenters. The fourth-order valence-corrected chi connectivity index (χ4v) is 3.93. The van der Waals surface area contributed by atoms with Crippen molar-refractivity contribution in [3.05, 3.63) is 0 Å². The van der Waals surface area contributed by atoms with Crippen molar-refractivity contribution in [2.45, 2.75) is 82.7 Å². The van der Waals surface area contributed by atoms with E-state index in [0.717, 1.165) is 31.8 Å². The lowest BCUT2D eigenvalue weighted by atomic mass is 10.0. The highest BCUT2D eigenvalue weighted by Crippen LogP contribution is 2.31. The van der Waals surface area contributed by atoms with Crippen molar-refractivity contribution >= 4 is 5.91 Å². The number of hydrogen-bond acceptors (Lipinski definition) is 2. The molecule has 0 aromatic carbocycles. The summed E-state index contributed by atoms with van der Waals surface area (Å²) in [4.78, 5) is 14.8. The minimum absolute atomic E-state index is 0.437. The highest BCUT2D eigenvalue weighted by molar-refractivity contribution is 5.77. The highest BCUT2D eigenvalue weighted by Gasteiger charge is 2.34. The lowest BCUT2D eigenvalue weighted by Crippen LogP contribution is -2.46. The Labute approximate surface area is 123 Å². The maximum absolute atomic E-state index is 12.6. The summed E-state index contributed by atoms with van der Waals surface area (Å²) in [6.45, 7) is 2.10. The van der Waals surface area contributed by atoms with Gasteiger partial charge in [-0.3, -0.25) is 4.79 Å². The zero-order chi connectivity index (χ0) is 13.8. The van der Waals surface area contributed by atoms with Crippen molar-refractivity contribution in [2.24, 2.45) is 5.92 Å². The number of nitrogens with zero attached hydrogens (tertiary/aromatic N) is 1. The summed E-state index contributed by atoms with van der Waals surface area (Å²) in [7, 11) is 0. The van der Waals surface area contributed by atoms with E-state index in [1.807, 2.05) is 0 Å². The molecule has 3 fully saturated rings. The zero-order valence-corrected chi connectivity index (χ0v) is 12.8. The molecule has 3 nitrogen and oxygen atoms in total. The number of carbonyl (C=O) groups is 1. The predicted molar refractivity (Wildman–Crippen MR) is 81.6 cm³/mol. The molecule has 0 aromatic rings. The van der Waals surface area contributed by atoms with Gasteiger partial charge in [0.2, 0.25) is 5.91 Å². The molecule has 1 saturated heterocycles. The molecular weight excluding hydrogens is 248 g/mol. The molecular formula is C17H30N2O. The van der Waals surface area contributed by atoms with Gasteiger partial charge in [0, 0.05) is 25.0 Å². The third-order valence-corrected chi connectivity index (χ3v) is 5.38. The van der Waals surface area contributed by atoms with E-state index in [2.05, 4.69) is 10.2 Å². The van der Waals surface area contributed by atoms with Gasteiger partial charge in [0.25, 0.3) is 0 Å². The Bertz CT molecular complexity index is 315. The molecule has 0 aromatic heterocycles. The maximum Gasteiger partial charge on any atom is 0.222 e. The second-order valence-electron chi connectivity index (χ2n) is 7.11. The molecule has 1 heterocycles. The fourth-order valence-electron chi connectivity index (χ4n) is 3.93. The zero-order valence-electron chi connectivity index (χ0n) is 12.8. The van der Waals surface area contributed by atoms with E-state index in [1.54, 1.807) is 0 Å². The van der Waals surface area contributed by atoms with E-state index < -0.39 is 0 Å². The van der Waals surface area contributed by atoms with E-state index in [9.17, 15) is 4.79 Å². The van der Waals surface area contributed by atoms with Gasteiger partial charge in [-0.05, 0) is 44.6 Å². The summed E-state index contributed by atoms with van der Waals surface area (Å²) in [5.74, 6) is 1.28. The molecule has 2 saturated carbocycles. The molecule has 0 bridgehead atoms. The minimum atomic E-state index is 0.437. The van der Waals surface area contributed by atoms with Gasteiger partial charge in [-0.15, -0.1) is 0 Å². The molecule has 1 atom stereocenters. The summed E-state index contributed by atoms with van der Waals surface area (Å²) in [6.07, 6.45) is 13.8. The van der Waals surface area contributed by atoms with E-state index in [0.29, 0.717) is 18.0 Å². The molecule has 1 aliphatic heterocycles. The Balaban J connectivity index is 1.46. The number of piperidine rings is 1. The third-order valence-electron chi connectivity index (χ3n) is 5.38. The van der Waals surface area contributed by atoms with Crippen molar-refractivity contribution in [1.29, 1.82) is 0 Å². The first-order valence-electron chi connectivity index (χ1n) is 8.86. The number of nitrogens with one attached hydrogen (secondary N) is 1. The van der Waals surface area contributed by atoms with Crippen LogP contribution in [0, 0.1) is 5.92 Å².